The summed E-state index contributed by atoms with van der Waals surface area (Å²) in [5.41, 5.74) is 2.73. The highest BCUT2D eigenvalue weighted by atomic mass is 32.1. The van der Waals surface area contributed by atoms with E-state index in [0.29, 0.717) is 22.4 Å². The molecule has 2 aromatic carbocycles. The Hall–Kier alpha value is -2.99. The summed E-state index contributed by atoms with van der Waals surface area (Å²) in [5.74, 6) is -0.280. The number of hydrogen-bond donors (Lipinski definition) is 1. The molecule has 1 aromatic heterocycles. The van der Waals surface area contributed by atoms with Crippen LogP contribution in [0, 0.1) is 0 Å². The molecule has 3 aromatic rings. The first-order chi connectivity index (χ1) is 12.2. The predicted molar refractivity (Wildman–Crippen MR) is 97.3 cm³/mol. The summed E-state index contributed by atoms with van der Waals surface area (Å²) in [4.78, 5) is 29.8. The fourth-order valence-corrected chi connectivity index (χ4v) is 3.67. The SMILES string of the molecule is O=C(C=c1sc2n(c1=O)Cc1ccccc1N=2)NCc1ccccc1. The van der Waals surface area contributed by atoms with E-state index in [9.17, 15) is 9.59 Å². The summed E-state index contributed by atoms with van der Waals surface area (Å²) in [6, 6.07) is 17.4. The van der Waals surface area contributed by atoms with E-state index in [-0.39, 0.29) is 11.5 Å². The van der Waals surface area contributed by atoms with Crippen molar-refractivity contribution in [2.24, 2.45) is 4.99 Å². The summed E-state index contributed by atoms with van der Waals surface area (Å²) in [6.45, 7) is 0.919. The van der Waals surface area contributed by atoms with Crippen LogP contribution in [0.3, 0.4) is 0 Å². The van der Waals surface area contributed by atoms with Gasteiger partial charge in [-0.2, -0.15) is 0 Å². The molecule has 124 valence electrons. The number of carbonyl (C=O) groups excluding carboxylic acids is 1. The van der Waals surface area contributed by atoms with Crippen molar-refractivity contribution in [1.82, 2.24) is 9.88 Å². The van der Waals surface area contributed by atoms with Crippen molar-refractivity contribution < 1.29 is 4.79 Å². The standard InChI is InChI=1S/C19H15N3O2S/c23-17(20-11-13-6-2-1-3-7-13)10-16-18(24)22-12-14-8-4-5-9-15(14)21-19(22)25-16/h1-10H,11-12H2,(H,20,23). The minimum atomic E-state index is -0.280. The third-order valence-electron chi connectivity index (χ3n) is 4.00. The minimum Gasteiger partial charge on any atom is -0.348 e. The summed E-state index contributed by atoms with van der Waals surface area (Å²) in [5, 5.41) is 2.81. The number of amides is 1. The molecular weight excluding hydrogens is 334 g/mol. The van der Waals surface area contributed by atoms with Gasteiger partial charge in [0, 0.05) is 12.6 Å². The van der Waals surface area contributed by atoms with Crippen LogP contribution in [0.25, 0.3) is 6.08 Å². The number of nitrogens with one attached hydrogen (secondary N) is 1. The first-order valence-electron chi connectivity index (χ1n) is 7.90. The monoisotopic (exact) mass is 349 g/mol. The van der Waals surface area contributed by atoms with Crippen molar-refractivity contribution in [2.75, 3.05) is 0 Å². The Morgan fingerprint density at radius 3 is 2.76 bits per heavy atom. The molecule has 1 N–H and O–H groups in total. The second-order valence-electron chi connectivity index (χ2n) is 5.73. The molecule has 4 rings (SSSR count). The number of rotatable bonds is 3. The molecule has 0 fully saturated rings. The van der Waals surface area contributed by atoms with Gasteiger partial charge in [-0.3, -0.25) is 14.2 Å². The number of nitrogens with zero attached hydrogens (tertiary/aromatic N) is 2. The summed E-state index contributed by atoms with van der Waals surface area (Å²) in [6.07, 6.45) is 1.36. The largest absolute Gasteiger partial charge is 0.348 e. The summed E-state index contributed by atoms with van der Waals surface area (Å²) < 4.78 is 2.01. The van der Waals surface area contributed by atoms with E-state index in [4.69, 9.17) is 0 Å². The number of thiazole rings is 1. The van der Waals surface area contributed by atoms with Crippen LogP contribution in [0.1, 0.15) is 11.1 Å². The fraction of sp³-hybridized carbons (Fsp3) is 0.105. The van der Waals surface area contributed by atoms with E-state index < -0.39 is 0 Å². The highest BCUT2D eigenvalue weighted by molar-refractivity contribution is 7.07. The lowest BCUT2D eigenvalue weighted by atomic mass is 10.1. The van der Waals surface area contributed by atoms with E-state index in [1.165, 1.54) is 17.4 Å². The second-order valence-corrected chi connectivity index (χ2v) is 6.74. The molecule has 0 radical (unpaired) electrons. The Bertz CT molecular complexity index is 1110. The number of benzene rings is 2. The maximum absolute atomic E-state index is 12.5. The molecular formula is C19H15N3O2S. The van der Waals surface area contributed by atoms with Gasteiger partial charge in [0.2, 0.25) is 5.91 Å². The molecule has 0 spiro atoms. The zero-order valence-corrected chi connectivity index (χ0v) is 14.1. The summed E-state index contributed by atoms with van der Waals surface area (Å²) in [7, 11) is 0. The zero-order valence-electron chi connectivity index (χ0n) is 13.3. The van der Waals surface area contributed by atoms with Gasteiger partial charge in [-0.1, -0.05) is 59.9 Å². The van der Waals surface area contributed by atoms with Crippen molar-refractivity contribution in [1.29, 1.82) is 0 Å². The van der Waals surface area contributed by atoms with Crippen molar-refractivity contribution >= 4 is 29.0 Å². The van der Waals surface area contributed by atoms with Gasteiger partial charge in [-0.05, 0) is 17.2 Å². The average Bonchev–Trinajstić information content (AvgIpc) is 2.94. The Labute approximate surface area is 147 Å². The fourth-order valence-electron chi connectivity index (χ4n) is 2.71. The molecule has 5 nitrogen and oxygen atoms in total. The molecule has 6 heteroatoms. The lowest BCUT2D eigenvalue weighted by molar-refractivity contribution is -0.115. The van der Waals surface area contributed by atoms with E-state index in [0.717, 1.165) is 16.8 Å². The smallest absolute Gasteiger partial charge is 0.270 e. The first kappa shape index (κ1) is 15.5. The Kier molecular flexibility index (Phi) is 4.03. The highest BCUT2D eigenvalue weighted by Gasteiger charge is 2.14. The quantitative estimate of drug-likeness (QED) is 0.606. The molecule has 0 aliphatic carbocycles. The molecule has 1 amide bonds. The van der Waals surface area contributed by atoms with Crippen LogP contribution in [0.15, 0.2) is 64.4 Å². The molecule has 0 atom stereocenters. The van der Waals surface area contributed by atoms with Gasteiger partial charge in [0.05, 0.1) is 12.2 Å². The average molecular weight is 349 g/mol. The van der Waals surface area contributed by atoms with E-state index in [2.05, 4.69) is 10.3 Å². The molecule has 0 unspecified atom stereocenters. The van der Waals surface area contributed by atoms with Crippen LogP contribution in [-0.4, -0.2) is 10.5 Å². The number of para-hydroxylation sites is 1. The number of aromatic nitrogens is 1. The van der Waals surface area contributed by atoms with Gasteiger partial charge in [0.15, 0.2) is 4.80 Å². The molecule has 0 bridgehead atoms. The minimum absolute atomic E-state index is 0.173. The lowest BCUT2D eigenvalue weighted by Crippen LogP contribution is -2.34. The summed E-state index contributed by atoms with van der Waals surface area (Å²) >= 11 is 1.24. The molecule has 0 saturated heterocycles. The number of hydrogen-bond acceptors (Lipinski definition) is 4. The first-order valence-corrected chi connectivity index (χ1v) is 8.72. The predicted octanol–water partition coefficient (Wildman–Crippen LogP) is 1.32. The molecule has 0 saturated carbocycles. The third kappa shape index (κ3) is 3.16. The van der Waals surface area contributed by atoms with E-state index >= 15 is 0 Å². The van der Waals surface area contributed by atoms with Crippen LogP contribution in [0.4, 0.5) is 5.69 Å². The Balaban J connectivity index is 1.61. The lowest BCUT2D eigenvalue weighted by Gasteiger charge is -2.10. The normalized spacial score (nSPS) is 12.9. The van der Waals surface area contributed by atoms with Crippen LogP contribution >= 0.6 is 11.3 Å². The van der Waals surface area contributed by atoms with Gasteiger partial charge in [-0.25, -0.2) is 4.99 Å². The second kappa shape index (κ2) is 6.49. The Morgan fingerprint density at radius 1 is 1.16 bits per heavy atom. The zero-order chi connectivity index (χ0) is 17.2. The van der Waals surface area contributed by atoms with Crippen molar-refractivity contribution in [3.8, 4) is 0 Å². The van der Waals surface area contributed by atoms with Gasteiger partial charge < -0.3 is 5.32 Å². The van der Waals surface area contributed by atoms with Gasteiger partial charge in [-0.15, -0.1) is 0 Å². The topological polar surface area (TPSA) is 63.5 Å². The maximum Gasteiger partial charge on any atom is 0.270 e. The van der Waals surface area contributed by atoms with Crippen LogP contribution < -0.4 is 20.2 Å². The van der Waals surface area contributed by atoms with E-state index in [1.54, 1.807) is 4.57 Å². The van der Waals surface area contributed by atoms with Crippen molar-refractivity contribution in [3.63, 3.8) is 0 Å². The van der Waals surface area contributed by atoms with Crippen molar-refractivity contribution in [2.45, 2.75) is 13.1 Å². The molecule has 1 aliphatic heterocycles. The van der Waals surface area contributed by atoms with Crippen molar-refractivity contribution in [3.05, 3.63) is 85.4 Å². The van der Waals surface area contributed by atoms with Crippen LogP contribution in [0.2, 0.25) is 0 Å². The molecule has 2 heterocycles. The molecule has 25 heavy (non-hydrogen) atoms. The molecule has 1 aliphatic rings. The highest BCUT2D eigenvalue weighted by Crippen LogP contribution is 2.20. The van der Waals surface area contributed by atoms with Gasteiger partial charge >= 0.3 is 0 Å². The van der Waals surface area contributed by atoms with Crippen LogP contribution in [-0.2, 0) is 17.9 Å². The third-order valence-corrected chi connectivity index (χ3v) is 5.00. The Morgan fingerprint density at radius 2 is 1.92 bits per heavy atom. The van der Waals surface area contributed by atoms with E-state index in [1.807, 2.05) is 54.6 Å². The number of fused-ring (bicyclic) bond motifs is 2. The maximum atomic E-state index is 12.5. The van der Waals surface area contributed by atoms with Gasteiger partial charge in [0.25, 0.3) is 5.56 Å². The number of carbonyl (C=O) groups is 1. The van der Waals surface area contributed by atoms with Gasteiger partial charge in [0.1, 0.15) is 4.53 Å². The van der Waals surface area contributed by atoms with Crippen LogP contribution in [0.5, 0.6) is 0 Å².